The van der Waals surface area contributed by atoms with Gasteiger partial charge in [-0.05, 0) is 54.5 Å². The minimum absolute atomic E-state index is 0.0299. The molecular weight excluding hydrogens is 412 g/mol. The van der Waals surface area contributed by atoms with Crippen LogP contribution in [0.1, 0.15) is 18.9 Å². The molecule has 0 bridgehead atoms. The number of rotatable bonds is 6. The third kappa shape index (κ3) is 4.41. The monoisotopic (exact) mass is 430 g/mol. The highest BCUT2D eigenvalue weighted by Gasteiger charge is 2.34. The molecule has 3 rings (SSSR count). The number of nitrogens with one attached hydrogen (secondary N) is 1. The Morgan fingerprint density at radius 2 is 1.93 bits per heavy atom. The molecule has 0 spiro atoms. The molecule has 8 heteroatoms. The maximum Gasteiger partial charge on any atom is 0.270 e. The molecule has 0 radical (unpaired) electrons. The van der Waals surface area contributed by atoms with Crippen molar-refractivity contribution in [3.05, 3.63) is 58.6 Å². The van der Waals surface area contributed by atoms with Crippen LogP contribution < -0.4 is 19.7 Å². The van der Waals surface area contributed by atoms with Crippen molar-refractivity contribution in [3.8, 4) is 11.5 Å². The Bertz CT molecular complexity index is 992. The van der Waals surface area contributed by atoms with Crippen molar-refractivity contribution in [1.82, 2.24) is 5.32 Å². The highest BCUT2D eigenvalue weighted by atomic mass is 35.5. The molecule has 2 amide bonds. The number of hydrogen-bond acceptors (Lipinski definition) is 5. The van der Waals surface area contributed by atoms with Crippen LogP contribution in [0.15, 0.2) is 48.0 Å². The molecule has 1 fully saturated rings. The average Bonchev–Trinajstić information content (AvgIpc) is 2.70. The molecule has 1 aliphatic rings. The summed E-state index contributed by atoms with van der Waals surface area (Å²) in [7, 11) is 1.50. The van der Waals surface area contributed by atoms with Crippen LogP contribution in [0.3, 0.4) is 0 Å². The Kier molecular flexibility index (Phi) is 6.51. The Morgan fingerprint density at radius 1 is 1.21 bits per heavy atom. The van der Waals surface area contributed by atoms with Crippen molar-refractivity contribution in [1.29, 1.82) is 0 Å². The zero-order chi connectivity index (χ0) is 21.0. The molecular formula is C21H19ClN2O4S. The summed E-state index contributed by atoms with van der Waals surface area (Å²) in [5.41, 5.74) is 1.02. The van der Waals surface area contributed by atoms with E-state index in [-0.39, 0.29) is 10.7 Å². The maximum absolute atomic E-state index is 13.0. The van der Waals surface area contributed by atoms with E-state index in [1.54, 1.807) is 36.4 Å². The molecule has 2 aromatic carbocycles. The van der Waals surface area contributed by atoms with Gasteiger partial charge in [0.25, 0.3) is 11.8 Å². The van der Waals surface area contributed by atoms with Crippen molar-refractivity contribution in [3.63, 3.8) is 0 Å². The molecule has 2 aromatic rings. The number of amides is 2. The van der Waals surface area contributed by atoms with E-state index in [1.807, 2.05) is 13.0 Å². The summed E-state index contributed by atoms with van der Waals surface area (Å²) in [6.07, 6.45) is 2.27. The fraction of sp³-hybridized carbons (Fsp3) is 0.190. The summed E-state index contributed by atoms with van der Waals surface area (Å²) in [6.45, 7) is 2.47. The first-order valence-electron chi connectivity index (χ1n) is 8.93. The molecule has 0 saturated carbocycles. The van der Waals surface area contributed by atoms with Crippen molar-refractivity contribution >= 4 is 52.5 Å². The van der Waals surface area contributed by atoms with Gasteiger partial charge in [0, 0.05) is 0 Å². The maximum atomic E-state index is 13.0. The summed E-state index contributed by atoms with van der Waals surface area (Å²) in [5.74, 6) is -0.262. The van der Waals surface area contributed by atoms with Gasteiger partial charge in [-0.1, -0.05) is 36.7 Å². The number of benzene rings is 2. The van der Waals surface area contributed by atoms with Gasteiger partial charge >= 0.3 is 0 Å². The number of carbonyl (C=O) groups is 2. The normalized spacial score (nSPS) is 15.5. The SMILES string of the molecule is CCCOc1c(Cl)cc(/C=C2/C(=O)NC(=S)N(c3ccccc3)C2=O)cc1OC. The first-order valence-corrected chi connectivity index (χ1v) is 9.71. The summed E-state index contributed by atoms with van der Waals surface area (Å²) < 4.78 is 11.0. The van der Waals surface area contributed by atoms with E-state index >= 15 is 0 Å². The Balaban J connectivity index is 2.00. The fourth-order valence-corrected chi connectivity index (χ4v) is 3.36. The highest BCUT2D eigenvalue weighted by Crippen LogP contribution is 2.37. The van der Waals surface area contributed by atoms with Crippen LogP contribution in [0.25, 0.3) is 6.08 Å². The number of methoxy groups -OCH3 is 1. The van der Waals surface area contributed by atoms with Crippen LogP contribution in [0.4, 0.5) is 5.69 Å². The Hall–Kier alpha value is -2.90. The highest BCUT2D eigenvalue weighted by molar-refractivity contribution is 7.80. The largest absolute Gasteiger partial charge is 0.493 e. The lowest BCUT2D eigenvalue weighted by Crippen LogP contribution is -2.54. The number of hydrogen-bond donors (Lipinski definition) is 1. The predicted molar refractivity (Wildman–Crippen MR) is 116 cm³/mol. The number of carbonyl (C=O) groups excluding carboxylic acids is 2. The van der Waals surface area contributed by atoms with E-state index in [4.69, 9.17) is 33.3 Å². The Morgan fingerprint density at radius 3 is 2.59 bits per heavy atom. The summed E-state index contributed by atoms with van der Waals surface area (Å²) >= 11 is 11.5. The quantitative estimate of drug-likeness (QED) is 0.426. The third-order valence-electron chi connectivity index (χ3n) is 4.13. The van der Waals surface area contributed by atoms with Crippen LogP contribution in [0, 0.1) is 0 Å². The van der Waals surface area contributed by atoms with Crippen LogP contribution in [-0.2, 0) is 9.59 Å². The van der Waals surface area contributed by atoms with Gasteiger partial charge in [-0.2, -0.15) is 0 Å². The van der Waals surface area contributed by atoms with Crippen LogP contribution >= 0.6 is 23.8 Å². The topological polar surface area (TPSA) is 67.9 Å². The van der Waals surface area contributed by atoms with E-state index in [0.717, 1.165) is 6.42 Å². The lowest BCUT2D eigenvalue weighted by molar-refractivity contribution is -0.122. The average molecular weight is 431 g/mol. The lowest BCUT2D eigenvalue weighted by Gasteiger charge is -2.28. The van der Waals surface area contributed by atoms with Crippen LogP contribution in [0.5, 0.6) is 11.5 Å². The number of nitrogens with zero attached hydrogens (tertiary/aromatic N) is 1. The van der Waals surface area contributed by atoms with Gasteiger partial charge in [-0.15, -0.1) is 0 Å². The molecule has 1 aliphatic heterocycles. The Labute approximate surface area is 179 Å². The molecule has 1 saturated heterocycles. The third-order valence-corrected chi connectivity index (χ3v) is 4.69. The lowest BCUT2D eigenvalue weighted by atomic mass is 10.1. The van der Waals surface area contributed by atoms with Gasteiger partial charge in [0.2, 0.25) is 0 Å². The molecule has 0 aromatic heterocycles. The smallest absolute Gasteiger partial charge is 0.270 e. The number of ether oxygens (including phenoxy) is 2. The molecule has 1 N–H and O–H groups in total. The second kappa shape index (κ2) is 9.07. The van der Waals surface area contributed by atoms with Crippen LogP contribution in [0.2, 0.25) is 5.02 Å². The van der Waals surface area contributed by atoms with Gasteiger partial charge in [-0.25, -0.2) is 0 Å². The summed E-state index contributed by atoms with van der Waals surface area (Å²) in [6, 6.07) is 12.1. The van der Waals surface area contributed by atoms with E-state index in [9.17, 15) is 9.59 Å². The van der Waals surface area contributed by atoms with Crippen molar-refractivity contribution in [2.24, 2.45) is 0 Å². The van der Waals surface area contributed by atoms with Gasteiger partial charge < -0.3 is 9.47 Å². The molecule has 6 nitrogen and oxygen atoms in total. The predicted octanol–water partition coefficient (Wildman–Crippen LogP) is 3.97. The van der Waals surface area contributed by atoms with Crippen molar-refractivity contribution < 1.29 is 19.1 Å². The second-order valence-corrected chi connectivity index (χ2v) is 6.97. The zero-order valence-corrected chi connectivity index (χ0v) is 17.5. The van der Waals surface area contributed by atoms with Gasteiger partial charge in [-0.3, -0.25) is 19.8 Å². The van der Waals surface area contributed by atoms with E-state index in [1.165, 1.54) is 18.1 Å². The number of thiocarbonyl (C=S) groups is 1. The van der Waals surface area contributed by atoms with Gasteiger partial charge in [0.05, 0.1) is 24.4 Å². The van der Waals surface area contributed by atoms with E-state index < -0.39 is 11.8 Å². The first kappa shape index (κ1) is 20.8. The van der Waals surface area contributed by atoms with Gasteiger partial charge in [0.1, 0.15) is 5.57 Å². The van der Waals surface area contributed by atoms with Crippen LogP contribution in [-0.4, -0.2) is 30.6 Å². The second-order valence-electron chi connectivity index (χ2n) is 6.18. The van der Waals surface area contributed by atoms with Crippen molar-refractivity contribution in [2.75, 3.05) is 18.6 Å². The molecule has 0 atom stereocenters. The number of anilines is 1. The number of halogens is 1. The minimum Gasteiger partial charge on any atom is -0.493 e. The standard InChI is InChI=1S/C21H19ClN2O4S/c1-3-9-28-18-16(22)11-13(12-17(18)27-2)10-15-19(25)23-21(29)24(20(15)26)14-7-5-4-6-8-14/h4-8,10-12H,3,9H2,1-2H3,(H,23,25,29)/b15-10-. The minimum atomic E-state index is -0.575. The zero-order valence-electron chi connectivity index (χ0n) is 15.9. The number of para-hydroxylation sites is 1. The molecule has 1 heterocycles. The fourth-order valence-electron chi connectivity index (χ4n) is 2.80. The molecule has 0 unspecified atom stereocenters. The first-order chi connectivity index (χ1) is 14.0. The van der Waals surface area contributed by atoms with E-state index in [2.05, 4.69) is 5.32 Å². The molecule has 29 heavy (non-hydrogen) atoms. The summed E-state index contributed by atoms with van der Waals surface area (Å²) in [5, 5.41) is 2.90. The van der Waals surface area contributed by atoms with Gasteiger partial charge in [0.15, 0.2) is 16.6 Å². The summed E-state index contributed by atoms with van der Waals surface area (Å²) in [4.78, 5) is 26.7. The van der Waals surface area contributed by atoms with E-state index in [0.29, 0.717) is 34.4 Å². The molecule has 0 aliphatic carbocycles. The van der Waals surface area contributed by atoms with Crippen molar-refractivity contribution in [2.45, 2.75) is 13.3 Å². The molecule has 150 valence electrons.